The summed E-state index contributed by atoms with van der Waals surface area (Å²) in [6.45, 7) is 0.507. The largest absolute Gasteiger partial charge is 0.396 e. The maximum absolute atomic E-state index is 10.6. The lowest BCUT2D eigenvalue weighted by atomic mass is 10.0. The Labute approximate surface area is 82.2 Å². The summed E-state index contributed by atoms with van der Waals surface area (Å²) < 4.78 is 0. The van der Waals surface area contributed by atoms with Gasteiger partial charge in [-0.15, -0.1) is 0 Å². The lowest BCUT2D eigenvalue weighted by Crippen LogP contribution is -2.50. The van der Waals surface area contributed by atoms with Crippen LogP contribution in [0.2, 0.25) is 0 Å². The number of carbonyl (C=O) groups excluding carboxylic acids is 1. The third kappa shape index (κ3) is 4.52. The lowest BCUT2D eigenvalue weighted by molar-refractivity contribution is -0.122. The average molecular weight is 207 g/mol. The van der Waals surface area contributed by atoms with E-state index in [1.807, 2.05) is 0 Å². The van der Waals surface area contributed by atoms with Gasteiger partial charge in [-0.1, -0.05) is 0 Å². The lowest BCUT2D eigenvalue weighted by Gasteiger charge is -2.25. The molecule has 6 heteroatoms. The molecule has 0 heterocycles. The molecule has 0 saturated heterocycles. The van der Waals surface area contributed by atoms with Crippen molar-refractivity contribution < 1.29 is 25.2 Å². The fourth-order valence-electron chi connectivity index (χ4n) is 1.07. The zero-order valence-corrected chi connectivity index (χ0v) is 8.05. The molecule has 0 rings (SSSR count). The topological polar surface area (TPSA) is 110 Å². The summed E-state index contributed by atoms with van der Waals surface area (Å²) in [7, 11) is 0. The monoisotopic (exact) mass is 207 g/mol. The van der Waals surface area contributed by atoms with Gasteiger partial charge >= 0.3 is 0 Å². The molecule has 0 aliphatic carbocycles. The summed E-state index contributed by atoms with van der Waals surface area (Å²) >= 11 is 0. The quantitative estimate of drug-likeness (QED) is 0.333. The van der Waals surface area contributed by atoms with Crippen LogP contribution < -0.4 is 5.32 Å². The first-order valence-electron chi connectivity index (χ1n) is 4.37. The predicted octanol–water partition coefficient (Wildman–Crippen LogP) is -2.41. The predicted molar refractivity (Wildman–Crippen MR) is 48.4 cm³/mol. The van der Waals surface area contributed by atoms with Gasteiger partial charge in [0.2, 0.25) is 5.91 Å². The molecule has 0 aromatic carbocycles. The minimum atomic E-state index is -1.28. The van der Waals surface area contributed by atoms with Crippen LogP contribution in [0.4, 0.5) is 0 Å². The van der Waals surface area contributed by atoms with Crippen LogP contribution in [0.25, 0.3) is 0 Å². The van der Waals surface area contributed by atoms with E-state index in [0.717, 1.165) is 0 Å². The smallest absolute Gasteiger partial charge is 0.217 e. The second-order valence-corrected chi connectivity index (χ2v) is 3.06. The van der Waals surface area contributed by atoms with Crippen molar-refractivity contribution in [3.63, 3.8) is 0 Å². The van der Waals surface area contributed by atoms with Crippen molar-refractivity contribution >= 4 is 5.91 Å². The van der Waals surface area contributed by atoms with Crippen LogP contribution in [-0.2, 0) is 4.79 Å². The van der Waals surface area contributed by atoms with Gasteiger partial charge in [0.25, 0.3) is 0 Å². The van der Waals surface area contributed by atoms with E-state index in [-0.39, 0.29) is 13.0 Å². The van der Waals surface area contributed by atoms with Crippen LogP contribution in [0.5, 0.6) is 0 Å². The number of rotatable bonds is 6. The Morgan fingerprint density at radius 1 is 1.36 bits per heavy atom. The van der Waals surface area contributed by atoms with E-state index in [0.29, 0.717) is 0 Å². The number of nitrogens with one attached hydrogen (secondary N) is 1. The van der Waals surface area contributed by atoms with Gasteiger partial charge in [0, 0.05) is 13.5 Å². The molecule has 0 aliphatic heterocycles. The molecule has 0 aromatic heterocycles. The minimum Gasteiger partial charge on any atom is -0.396 e. The number of carbonyl (C=O) groups is 1. The standard InChI is InChI=1S/C8H17NO5/c1-5(12)9-6(4-11)8(14)7(13)2-3-10/h6-8,10-11,13-14H,2-4H2,1H3,(H,9,12)/t6?,7-,8?/m1/s1. The van der Waals surface area contributed by atoms with Crippen LogP contribution in [-0.4, -0.2) is 57.8 Å². The Kier molecular flexibility index (Phi) is 6.39. The normalized spacial score (nSPS) is 17.2. The van der Waals surface area contributed by atoms with E-state index in [9.17, 15) is 15.0 Å². The average Bonchev–Trinajstić information content (AvgIpc) is 2.13. The Hall–Kier alpha value is -0.690. The second kappa shape index (κ2) is 6.72. The molecular formula is C8H17NO5. The van der Waals surface area contributed by atoms with E-state index in [1.165, 1.54) is 6.92 Å². The first-order chi connectivity index (χ1) is 6.52. The van der Waals surface area contributed by atoms with Gasteiger partial charge in [-0.2, -0.15) is 0 Å². The summed E-state index contributed by atoms with van der Waals surface area (Å²) in [5.41, 5.74) is 0. The molecule has 0 radical (unpaired) electrons. The molecule has 1 amide bonds. The third-order valence-corrected chi connectivity index (χ3v) is 1.82. The molecule has 6 nitrogen and oxygen atoms in total. The summed E-state index contributed by atoms with van der Waals surface area (Å²) in [5.74, 6) is -0.403. The van der Waals surface area contributed by atoms with Crippen LogP contribution in [0.15, 0.2) is 0 Å². The number of aliphatic hydroxyl groups is 4. The highest BCUT2D eigenvalue weighted by Gasteiger charge is 2.25. The van der Waals surface area contributed by atoms with Crippen molar-refractivity contribution in [2.45, 2.75) is 31.6 Å². The molecule has 5 N–H and O–H groups in total. The zero-order chi connectivity index (χ0) is 11.1. The van der Waals surface area contributed by atoms with Gasteiger partial charge < -0.3 is 25.7 Å². The molecule has 0 spiro atoms. The van der Waals surface area contributed by atoms with Crippen molar-refractivity contribution in [2.75, 3.05) is 13.2 Å². The number of amides is 1. The van der Waals surface area contributed by atoms with Crippen molar-refractivity contribution in [3.8, 4) is 0 Å². The molecule has 14 heavy (non-hydrogen) atoms. The molecule has 2 unspecified atom stereocenters. The van der Waals surface area contributed by atoms with E-state index in [2.05, 4.69) is 5.32 Å². The molecule has 0 aromatic rings. The van der Waals surface area contributed by atoms with Gasteiger partial charge in [0.05, 0.1) is 18.8 Å². The Morgan fingerprint density at radius 3 is 2.29 bits per heavy atom. The first kappa shape index (κ1) is 13.3. The first-order valence-corrected chi connectivity index (χ1v) is 4.37. The van der Waals surface area contributed by atoms with Crippen molar-refractivity contribution in [2.24, 2.45) is 0 Å². The Bertz CT molecular complexity index is 175. The zero-order valence-electron chi connectivity index (χ0n) is 8.05. The van der Waals surface area contributed by atoms with Crippen molar-refractivity contribution in [1.29, 1.82) is 0 Å². The maximum atomic E-state index is 10.6. The van der Waals surface area contributed by atoms with Gasteiger partial charge in [0.15, 0.2) is 0 Å². The van der Waals surface area contributed by atoms with Crippen LogP contribution in [0.1, 0.15) is 13.3 Å². The van der Waals surface area contributed by atoms with Crippen molar-refractivity contribution in [3.05, 3.63) is 0 Å². The molecule has 0 aliphatic rings. The summed E-state index contributed by atoms with van der Waals surface area (Å²) in [4.78, 5) is 10.6. The van der Waals surface area contributed by atoms with Gasteiger partial charge in [0.1, 0.15) is 6.10 Å². The van der Waals surface area contributed by atoms with Gasteiger partial charge in [-0.3, -0.25) is 4.79 Å². The van der Waals surface area contributed by atoms with E-state index in [4.69, 9.17) is 10.2 Å². The molecule has 84 valence electrons. The molecule has 0 fully saturated rings. The Morgan fingerprint density at radius 2 is 1.93 bits per heavy atom. The minimum absolute atomic E-state index is 0.00273. The number of hydrogen-bond donors (Lipinski definition) is 5. The molecule has 0 bridgehead atoms. The number of aliphatic hydroxyl groups excluding tert-OH is 4. The van der Waals surface area contributed by atoms with Gasteiger partial charge in [-0.25, -0.2) is 0 Å². The molecular weight excluding hydrogens is 190 g/mol. The summed E-state index contributed by atoms with van der Waals surface area (Å²) in [6, 6.07) is -0.908. The van der Waals surface area contributed by atoms with Gasteiger partial charge in [-0.05, 0) is 6.42 Å². The van der Waals surface area contributed by atoms with E-state index >= 15 is 0 Å². The van der Waals surface area contributed by atoms with E-state index < -0.39 is 30.8 Å². The SMILES string of the molecule is CC(=O)NC(CO)C(O)[C@H](O)CCO. The van der Waals surface area contributed by atoms with Crippen LogP contribution in [0.3, 0.4) is 0 Å². The third-order valence-electron chi connectivity index (χ3n) is 1.82. The Balaban J connectivity index is 4.14. The molecule has 0 saturated carbocycles. The summed E-state index contributed by atoms with van der Waals surface area (Å²) in [5, 5.41) is 38.3. The molecule has 3 atom stereocenters. The highest BCUT2D eigenvalue weighted by Crippen LogP contribution is 2.03. The highest BCUT2D eigenvalue weighted by atomic mass is 16.3. The van der Waals surface area contributed by atoms with E-state index in [1.54, 1.807) is 0 Å². The second-order valence-electron chi connectivity index (χ2n) is 3.06. The highest BCUT2D eigenvalue weighted by molar-refractivity contribution is 5.73. The van der Waals surface area contributed by atoms with Crippen LogP contribution >= 0.6 is 0 Å². The van der Waals surface area contributed by atoms with Crippen LogP contribution in [0, 0.1) is 0 Å². The fourth-order valence-corrected chi connectivity index (χ4v) is 1.07. The number of hydrogen-bond acceptors (Lipinski definition) is 5. The fraction of sp³-hybridized carbons (Fsp3) is 0.875. The maximum Gasteiger partial charge on any atom is 0.217 e. The summed E-state index contributed by atoms with van der Waals surface area (Å²) in [6.07, 6.45) is -2.45. The van der Waals surface area contributed by atoms with Crippen molar-refractivity contribution in [1.82, 2.24) is 5.32 Å².